The zero-order valence-electron chi connectivity index (χ0n) is 9.69. The van der Waals surface area contributed by atoms with Gasteiger partial charge in [-0.2, -0.15) is 0 Å². The number of unbranched alkanes of at least 4 members (excludes halogenated alkanes) is 7. The first-order valence-electron chi connectivity index (χ1n) is 5.96. The van der Waals surface area contributed by atoms with Gasteiger partial charge in [-0.1, -0.05) is 36.7 Å². The zero-order chi connectivity index (χ0) is 12.2. The number of rotatable bonds is 11. The molecule has 0 aliphatic rings. The fourth-order valence-electron chi connectivity index (χ4n) is 1.58. The quantitative estimate of drug-likeness (QED) is 0.450. The molecular weight excluding hydrogens is 227 g/mol. The molecule has 0 amide bonds. The summed E-state index contributed by atoms with van der Waals surface area (Å²) in [5.74, 6) is -0.716. The molecule has 0 saturated heterocycles. The van der Waals surface area contributed by atoms with Crippen molar-refractivity contribution in [1.29, 1.82) is 0 Å². The molecule has 0 fully saturated rings. The van der Waals surface area contributed by atoms with Crippen LogP contribution in [-0.2, 0) is 9.36 Å². The van der Waals surface area contributed by atoms with Crippen molar-refractivity contribution < 1.29 is 19.4 Å². The largest absolute Gasteiger partial charge is 0.596 e. The summed E-state index contributed by atoms with van der Waals surface area (Å²) in [5.41, 5.74) is 0. The molecule has 0 aromatic heterocycles. The van der Waals surface area contributed by atoms with Crippen LogP contribution >= 0.6 is 8.03 Å². The molecular formula is C11H21O4P. The van der Waals surface area contributed by atoms with Gasteiger partial charge in [-0.15, -0.1) is 0 Å². The minimum absolute atomic E-state index is 0.274. The van der Waals surface area contributed by atoms with Crippen LogP contribution in [0.15, 0.2) is 0 Å². The lowest BCUT2D eigenvalue weighted by molar-refractivity contribution is -0.164. The Morgan fingerprint density at radius 3 is 1.81 bits per heavy atom. The highest BCUT2D eigenvalue weighted by Gasteiger charge is 1.99. The molecule has 1 N–H and O–H groups in total. The van der Waals surface area contributed by atoms with Crippen molar-refractivity contribution in [3.05, 3.63) is 0 Å². The van der Waals surface area contributed by atoms with Gasteiger partial charge in [-0.25, -0.2) is 0 Å². The minimum atomic E-state index is -2.19. The van der Waals surface area contributed by atoms with Crippen LogP contribution in [0.5, 0.6) is 0 Å². The Bertz CT molecular complexity index is 184. The van der Waals surface area contributed by atoms with Gasteiger partial charge in [0, 0.05) is 6.42 Å². The average Bonchev–Trinajstić information content (AvgIpc) is 2.20. The highest BCUT2D eigenvalue weighted by atomic mass is 31.1. The van der Waals surface area contributed by atoms with E-state index in [1.54, 1.807) is 0 Å². The van der Waals surface area contributed by atoms with Crippen LogP contribution in [0.3, 0.4) is 0 Å². The molecule has 0 aromatic rings. The molecule has 0 aliphatic heterocycles. The summed E-state index contributed by atoms with van der Waals surface area (Å²) in [6.07, 6.45) is 8.53. The maximum absolute atomic E-state index is 10.3. The second-order valence-corrected chi connectivity index (χ2v) is 5.14. The molecule has 1 unspecified atom stereocenters. The molecule has 0 saturated carbocycles. The van der Waals surface area contributed by atoms with Gasteiger partial charge >= 0.3 is 14.0 Å². The summed E-state index contributed by atoms with van der Waals surface area (Å²) < 4.78 is 10.3. The van der Waals surface area contributed by atoms with Crippen LogP contribution in [0.1, 0.15) is 57.8 Å². The summed E-state index contributed by atoms with van der Waals surface area (Å²) in [4.78, 5) is 20.5. The van der Waals surface area contributed by atoms with Crippen molar-refractivity contribution in [2.24, 2.45) is 0 Å². The standard InChI is InChI=1S/C11H21O4P/c12-11(13)9-7-5-3-1-2-4-6-8-10-16(14)15/h1-10H2,(H,12,13). The van der Waals surface area contributed by atoms with E-state index in [1.807, 2.05) is 0 Å². The average molecular weight is 248 g/mol. The normalized spacial score (nSPS) is 11.4. The van der Waals surface area contributed by atoms with Crippen molar-refractivity contribution in [1.82, 2.24) is 0 Å². The highest BCUT2D eigenvalue weighted by Crippen LogP contribution is 2.14. The van der Waals surface area contributed by atoms with E-state index < -0.39 is 14.0 Å². The molecule has 0 aromatic carbocycles. The van der Waals surface area contributed by atoms with E-state index in [9.17, 15) is 14.3 Å². The van der Waals surface area contributed by atoms with E-state index >= 15 is 0 Å². The topological polar surface area (TPSA) is 77.4 Å². The van der Waals surface area contributed by atoms with Gasteiger partial charge in [0.15, 0.2) is 0 Å². The third-order valence-corrected chi connectivity index (χ3v) is 3.16. The molecule has 0 bridgehead atoms. The summed E-state index contributed by atoms with van der Waals surface area (Å²) >= 11 is 0. The Morgan fingerprint density at radius 2 is 1.38 bits per heavy atom. The summed E-state index contributed by atoms with van der Waals surface area (Å²) in [7, 11) is -2.19. The van der Waals surface area contributed by atoms with E-state index in [2.05, 4.69) is 0 Å². The van der Waals surface area contributed by atoms with E-state index in [0.29, 0.717) is 6.16 Å². The first-order chi connectivity index (χ1) is 7.63. The second-order valence-electron chi connectivity index (χ2n) is 4.03. The third kappa shape index (κ3) is 13.5. The second kappa shape index (κ2) is 11.0. The molecule has 4 nitrogen and oxygen atoms in total. The predicted octanol–water partition coefficient (Wildman–Crippen LogP) is 2.68. The van der Waals surface area contributed by atoms with E-state index in [0.717, 1.165) is 51.4 Å². The first kappa shape index (κ1) is 15.5. The SMILES string of the molecule is O=C(O)CCCCCCCCCC[P+](=O)[O-]. The number of hydrogen-bond donors (Lipinski definition) is 1. The van der Waals surface area contributed by atoms with E-state index in [1.165, 1.54) is 0 Å². The van der Waals surface area contributed by atoms with Crippen molar-refractivity contribution in [3.8, 4) is 0 Å². The maximum Gasteiger partial charge on any atom is 0.308 e. The molecule has 0 aliphatic carbocycles. The number of carboxylic acids is 1. The Balaban J connectivity index is 2.98. The van der Waals surface area contributed by atoms with Gasteiger partial charge in [0.25, 0.3) is 0 Å². The molecule has 1 atom stereocenters. The lowest BCUT2D eigenvalue weighted by Gasteiger charge is -2.00. The van der Waals surface area contributed by atoms with Gasteiger partial charge in [-0.05, 0) is 19.3 Å². The molecule has 0 spiro atoms. The smallest absolute Gasteiger partial charge is 0.308 e. The predicted molar refractivity (Wildman–Crippen MR) is 61.7 cm³/mol. The van der Waals surface area contributed by atoms with Crippen molar-refractivity contribution in [3.63, 3.8) is 0 Å². The Hall–Kier alpha value is -0.470. The lowest BCUT2D eigenvalue weighted by Crippen LogP contribution is -1.93. The van der Waals surface area contributed by atoms with Gasteiger partial charge in [-0.3, -0.25) is 4.79 Å². The summed E-state index contributed by atoms with van der Waals surface area (Å²) in [6, 6.07) is 0. The summed E-state index contributed by atoms with van der Waals surface area (Å²) in [6.45, 7) is 0. The fraction of sp³-hybridized carbons (Fsp3) is 0.909. The molecule has 0 radical (unpaired) electrons. The minimum Gasteiger partial charge on any atom is -0.596 e. The summed E-state index contributed by atoms with van der Waals surface area (Å²) in [5, 5.41) is 8.41. The Morgan fingerprint density at radius 1 is 0.938 bits per heavy atom. The number of hydrogen-bond acceptors (Lipinski definition) is 3. The van der Waals surface area contributed by atoms with Crippen molar-refractivity contribution in [2.45, 2.75) is 57.8 Å². The van der Waals surface area contributed by atoms with Crippen molar-refractivity contribution in [2.75, 3.05) is 6.16 Å². The zero-order valence-corrected chi connectivity index (χ0v) is 10.6. The fourth-order valence-corrected chi connectivity index (χ4v) is 2.06. The Labute approximate surface area is 97.9 Å². The first-order valence-corrected chi connectivity index (χ1v) is 7.33. The van der Waals surface area contributed by atoms with Gasteiger partial charge < -0.3 is 10.00 Å². The van der Waals surface area contributed by atoms with Crippen LogP contribution in [0.25, 0.3) is 0 Å². The monoisotopic (exact) mass is 248 g/mol. The molecule has 5 heteroatoms. The molecule has 0 rings (SSSR count). The maximum atomic E-state index is 10.3. The molecule has 0 heterocycles. The number of aliphatic carboxylic acids is 1. The number of carbonyl (C=O) groups is 1. The van der Waals surface area contributed by atoms with Crippen LogP contribution in [-0.4, -0.2) is 17.2 Å². The van der Waals surface area contributed by atoms with Crippen LogP contribution in [0.4, 0.5) is 0 Å². The third-order valence-electron chi connectivity index (χ3n) is 2.48. The van der Waals surface area contributed by atoms with Gasteiger partial charge in [0.05, 0.1) is 0 Å². The highest BCUT2D eigenvalue weighted by molar-refractivity contribution is 7.36. The Kier molecular flexibility index (Phi) is 10.7. The number of carboxylic acid groups (broad SMARTS) is 1. The van der Waals surface area contributed by atoms with E-state index in [-0.39, 0.29) is 6.42 Å². The van der Waals surface area contributed by atoms with Gasteiger partial charge in [0.2, 0.25) is 0 Å². The van der Waals surface area contributed by atoms with Gasteiger partial charge in [0.1, 0.15) is 6.16 Å². The van der Waals surface area contributed by atoms with Crippen LogP contribution in [0.2, 0.25) is 0 Å². The van der Waals surface area contributed by atoms with Crippen LogP contribution < -0.4 is 4.89 Å². The molecule has 94 valence electrons. The lowest BCUT2D eigenvalue weighted by atomic mass is 10.1. The van der Waals surface area contributed by atoms with Crippen molar-refractivity contribution >= 4 is 14.0 Å². The van der Waals surface area contributed by atoms with Crippen LogP contribution in [0, 0.1) is 0 Å². The molecule has 16 heavy (non-hydrogen) atoms. The van der Waals surface area contributed by atoms with E-state index in [4.69, 9.17) is 5.11 Å².